The van der Waals surface area contributed by atoms with Crippen molar-refractivity contribution in [1.29, 1.82) is 0 Å². The molecule has 0 aliphatic carbocycles. The van der Waals surface area contributed by atoms with Gasteiger partial charge in [0.05, 0.1) is 11.0 Å². The van der Waals surface area contributed by atoms with Crippen molar-refractivity contribution in [3.63, 3.8) is 0 Å². The van der Waals surface area contributed by atoms with Gasteiger partial charge >= 0.3 is 0 Å². The van der Waals surface area contributed by atoms with Crippen LogP contribution in [0.1, 0.15) is 32.0 Å². The molecule has 1 saturated heterocycles. The Balaban J connectivity index is 1.49. The lowest BCUT2D eigenvalue weighted by Crippen LogP contribution is -2.39. The monoisotopic (exact) mass is 498 g/mol. The van der Waals surface area contributed by atoms with Crippen LogP contribution in [0.5, 0.6) is 0 Å². The molecule has 6 nitrogen and oxygen atoms in total. The normalized spacial score (nSPS) is 15.7. The van der Waals surface area contributed by atoms with Crippen molar-refractivity contribution in [2.45, 2.75) is 43.7 Å². The Hall–Kier alpha value is -3.58. The molecular formula is C29H30N4O2S. The maximum atomic E-state index is 13.7. The molecule has 0 radical (unpaired) electrons. The van der Waals surface area contributed by atoms with Gasteiger partial charge in [0.15, 0.2) is 0 Å². The third-order valence-electron chi connectivity index (χ3n) is 6.65. The second-order valence-corrected chi connectivity index (χ2v) is 10.2. The highest BCUT2D eigenvalue weighted by Gasteiger charge is 2.35. The highest BCUT2D eigenvalue weighted by molar-refractivity contribution is 7.98. The van der Waals surface area contributed by atoms with Gasteiger partial charge in [-0.25, -0.2) is 4.98 Å². The number of anilines is 2. The molecule has 3 aromatic carbocycles. The number of fused-ring (bicyclic) bond motifs is 1. The minimum Gasteiger partial charge on any atom is -0.318 e. The Morgan fingerprint density at radius 3 is 2.56 bits per heavy atom. The molecule has 2 heterocycles. The number of amides is 2. The molecule has 1 fully saturated rings. The Morgan fingerprint density at radius 1 is 1.06 bits per heavy atom. The molecule has 7 heteroatoms. The number of rotatable bonds is 7. The van der Waals surface area contributed by atoms with Gasteiger partial charge in [0.2, 0.25) is 11.8 Å². The van der Waals surface area contributed by atoms with E-state index in [1.165, 1.54) is 0 Å². The van der Waals surface area contributed by atoms with Crippen molar-refractivity contribution in [2.75, 3.05) is 22.6 Å². The van der Waals surface area contributed by atoms with Gasteiger partial charge < -0.3 is 14.4 Å². The van der Waals surface area contributed by atoms with Crippen LogP contribution in [0.15, 0.2) is 83.8 Å². The number of aromatic nitrogens is 2. The van der Waals surface area contributed by atoms with Crippen molar-refractivity contribution in [1.82, 2.24) is 9.55 Å². The number of para-hydroxylation sites is 3. The number of imidazole rings is 1. The molecule has 1 aliphatic heterocycles. The number of nitrogens with zero attached hydrogens (tertiary/aromatic N) is 4. The zero-order chi connectivity index (χ0) is 25.2. The largest absolute Gasteiger partial charge is 0.318 e. The maximum Gasteiger partial charge on any atom is 0.247 e. The fourth-order valence-corrected chi connectivity index (χ4v) is 5.46. The summed E-state index contributed by atoms with van der Waals surface area (Å²) >= 11 is 1.66. The Morgan fingerprint density at radius 2 is 1.81 bits per heavy atom. The summed E-state index contributed by atoms with van der Waals surface area (Å²) in [6, 6.07) is 25.7. The predicted molar refractivity (Wildman–Crippen MR) is 147 cm³/mol. The summed E-state index contributed by atoms with van der Waals surface area (Å²) in [4.78, 5) is 36.5. The third-order valence-corrected chi connectivity index (χ3v) is 7.38. The zero-order valence-corrected chi connectivity index (χ0v) is 21.6. The van der Waals surface area contributed by atoms with E-state index in [-0.39, 0.29) is 30.3 Å². The van der Waals surface area contributed by atoms with E-state index in [9.17, 15) is 9.59 Å². The van der Waals surface area contributed by atoms with Crippen LogP contribution in [0.25, 0.3) is 11.0 Å². The van der Waals surface area contributed by atoms with Gasteiger partial charge in [-0.15, -0.1) is 11.8 Å². The summed E-state index contributed by atoms with van der Waals surface area (Å²) in [7, 11) is 0. The minimum atomic E-state index is -0.0974. The van der Waals surface area contributed by atoms with Gasteiger partial charge in [-0.05, 0) is 62.6 Å². The Kier molecular flexibility index (Phi) is 6.83. The van der Waals surface area contributed by atoms with Gasteiger partial charge in [0, 0.05) is 41.2 Å². The lowest BCUT2D eigenvalue weighted by Gasteiger charge is -2.27. The number of carbonyl (C=O) groups excluding carboxylic acids is 2. The fourth-order valence-electron chi connectivity index (χ4n) is 5.01. The first-order valence-electron chi connectivity index (χ1n) is 12.2. The summed E-state index contributed by atoms with van der Waals surface area (Å²) in [5.41, 5.74) is 3.53. The van der Waals surface area contributed by atoms with Gasteiger partial charge in [-0.2, -0.15) is 0 Å². The number of hydrogen-bond donors (Lipinski definition) is 0. The maximum absolute atomic E-state index is 13.7. The fraction of sp³-hybridized carbons (Fsp3) is 0.276. The number of benzene rings is 3. The molecule has 0 bridgehead atoms. The molecule has 4 aromatic rings. The molecule has 5 rings (SSSR count). The lowest BCUT2D eigenvalue weighted by molar-refractivity contribution is -0.119. The van der Waals surface area contributed by atoms with E-state index in [2.05, 4.69) is 6.07 Å². The van der Waals surface area contributed by atoms with E-state index in [0.717, 1.165) is 33.1 Å². The number of hydrogen-bond acceptors (Lipinski definition) is 4. The molecule has 0 saturated carbocycles. The van der Waals surface area contributed by atoms with E-state index in [1.807, 2.05) is 107 Å². The van der Waals surface area contributed by atoms with Crippen LogP contribution in [-0.4, -0.2) is 40.2 Å². The molecule has 0 spiro atoms. The first-order valence-corrected chi connectivity index (χ1v) is 13.5. The van der Waals surface area contributed by atoms with E-state index in [0.29, 0.717) is 13.0 Å². The number of thioether (sulfide) groups is 1. The zero-order valence-electron chi connectivity index (χ0n) is 20.8. The Bertz CT molecular complexity index is 1400. The summed E-state index contributed by atoms with van der Waals surface area (Å²) < 4.78 is 2.01. The van der Waals surface area contributed by atoms with Crippen LogP contribution in [-0.2, 0) is 16.1 Å². The predicted octanol–water partition coefficient (Wildman–Crippen LogP) is 5.72. The van der Waals surface area contributed by atoms with Gasteiger partial charge in [0.1, 0.15) is 12.4 Å². The lowest BCUT2D eigenvalue weighted by atomic mass is 10.1. The van der Waals surface area contributed by atoms with Crippen molar-refractivity contribution >= 4 is 46.0 Å². The van der Waals surface area contributed by atoms with E-state index in [4.69, 9.17) is 4.98 Å². The molecule has 0 unspecified atom stereocenters. The van der Waals surface area contributed by atoms with Crippen molar-refractivity contribution < 1.29 is 9.59 Å². The van der Waals surface area contributed by atoms with Gasteiger partial charge in [-0.1, -0.05) is 36.4 Å². The van der Waals surface area contributed by atoms with Crippen LogP contribution in [0, 0.1) is 0 Å². The van der Waals surface area contributed by atoms with Gasteiger partial charge in [-0.3, -0.25) is 9.59 Å². The number of carbonyl (C=O) groups is 2. The van der Waals surface area contributed by atoms with Crippen molar-refractivity contribution in [3.05, 3.63) is 84.7 Å². The first-order chi connectivity index (χ1) is 17.5. The Labute approximate surface area is 215 Å². The van der Waals surface area contributed by atoms with Crippen molar-refractivity contribution in [2.24, 2.45) is 0 Å². The first kappa shape index (κ1) is 24.1. The average molecular weight is 499 g/mol. The van der Waals surface area contributed by atoms with E-state index >= 15 is 0 Å². The summed E-state index contributed by atoms with van der Waals surface area (Å²) in [5.74, 6) is 0.767. The molecule has 1 aliphatic rings. The molecule has 36 heavy (non-hydrogen) atoms. The average Bonchev–Trinajstić information content (AvgIpc) is 3.45. The standard InChI is InChI=1S/C29H30N4O2S/c1-20(2)33(22-10-5-4-6-11-22)28(35)19-32-26-15-8-7-14-25(26)30-29(32)21-16-27(34)31(18-21)23-12-9-13-24(17-23)36-3/h4-15,17,20-21H,16,18-19H2,1-3H3/t21-/m0/s1. The van der Waals surface area contributed by atoms with Gasteiger partial charge in [0.25, 0.3) is 0 Å². The molecular weight excluding hydrogens is 468 g/mol. The van der Waals surface area contributed by atoms with Crippen LogP contribution in [0.3, 0.4) is 0 Å². The quantitative estimate of drug-likeness (QED) is 0.306. The molecule has 184 valence electrons. The smallest absolute Gasteiger partial charge is 0.247 e. The summed E-state index contributed by atoms with van der Waals surface area (Å²) in [6.07, 6.45) is 2.40. The van der Waals surface area contributed by atoms with E-state index in [1.54, 1.807) is 11.8 Å². The second-order valence-electron chi connectivity index (χ2n) is 9.34. The molecule has 2 amide bonds. The summed E-state index contributed by atoms with van der Waals surface area (Å²) in [6.45, 7) is 4.75. The van der Waals surface area contributed by atoms with E-state index < -0.39 is 0 Å². The van der Waals surface area contributed by atoms with Crippen LogP contribution >= 0.6 is 11.8 Å². The molecule has 0 N–H and O–H groups in total. The van der Waals surface area contributed by atoms with Crippen LogP contribution < -0.4 is 9.80 Å². The SMILES string of the molecule is CSc1cccc(N2C[C@@H](c3nc4ccccc4n3CC(=O)N(c3ccccc3)C(C)C)CC2=O)c1. The molecule has 1 aromatic heterocycles. The third kappa shape index (κ3) is 4.63. The van der Waals surface area contributed by atoms with Crippen molar-refractivity contribution in [3.8, 4) is 0 Å². The minimum absolute atomic E-state index is 0.00500. The highest BCUT2D eigenvalue weighted by Crippen LogP contribution is 2.34. The molecule has 1 atom stereocenters. The van der Waals surface area contributed by atoms with Crippen LogP contribution in [0.2, 0.25) is 0 Å². The summed E-state index contributed by atoms with van der Waals surface area (Å²) in [5, 5.41) is 0. The van der Waals surface area contributed by atoms with Crippen LogP contribution in [0.4, 0.5) is 11.4 Å². The second kappa shape index (κ2) is 10.2. The highest BCUT2D eigenvalue weighted by atomic mass is 32.2. The topological polar surface area (TPSA) is 58.4 Å².